The second-order valence-corrected chi connectivity index (χ2v) is 5.58. The molecular weight excluding hydrogens is 270 g/mol. The van der Waals surface area contributed by atoms with E-state index in [1.165, 1.54) is 0 Å². The van der Waals surface area contributed by atoms with Crippen molar-refractivity contribution in [1.82, 2.24) is 15.6 Å². The van der Waals surface area contributed by atoms with E-state index in [0.717, 1.165) is 16.3 Å². The molecular formula is C15H19N3OS. The predicted molar refractivity (Wildman–Crippen MR) is 81.6 cm³/mol. The first-order valence-corrected chi connectivity index (χ1v) is 7.49. The second kappa shape index (κ2) is 7.17. The summed E-state index contributed by atoms with van der Waals surface area (Å²) in [5.74, 6) is -0.00557. The fourth-order valence-corrected chi connectivity index (χ4v) is 2.59. The Morgan fingerprint density at radius 1 is 1.35 bits per heavy atom. The van der Waals surface area contributed by atoms with Crippen LogP contribution < -0.4 is 10.6 Å². The van der Waals surface area contributed by atoms with Crippen molar-refractivity contribution in [1.29, 1.82) is 0 Å². The van der Waals surface area contributed by atoms with Crippen molar-refractivity contribution >= 4 is 17.2 Å². The number of carbonyl (C=O) groups excluding carboxylic acids is 1. The molecule has 0 aliphatic rings. The van der Waals surface area contributed by atoms with Crippen LogP contribution in [0.3, 0.4) is 0 Å². The highest BCUT2D eigenvalue weighted by molar-refractivity contribution is 7.09. The Labute approximate surface area is 123 Å². The lowest BCUT2D eigenvalue weighted by atomic mass is 10.2. The van der Waals surface area contributed by atoms with E-state index in [1.54, 1.807) is 11.3 Å². The zero-order valence-electron chi connectivity index (χ0n) is 11.7. The lowest BCUT2D eigenvalue weighted by Gasteiger charge is -2.11. The minimum Gasteiger partial charge on any atom is -0.351 e. The van der Waals surface area contributed by atoms with Gasteiger partial charge in [0.15, 0.2) is 0 Å². The van der Waals surface area contributed by atoms with E-state index in [0.29, 0.717) is 13.1 Å². The Hall–Kier alpha value is -1.72. The number of amides is 1. The van der Waals surface area contributed by atoms with Crippen molar-refractivity contribution in [3.05, 3.63) is 52.0 Å². The SMILES string of the molecule is Cc1csc(C(C)NCC(=O)NCc2ccccc2)n1. The van der Waals surface area contributed by atoms with Gasteiger partial charge in [0.25, 0.3) is 0 Å². The molecule has 2 rings (SSSR count). The van der Waals surface area contributed by atoms with Crippen molar-refractivity contribution in [2.24, 2.45) is 0 Å². The van der Waals surface area contributed by atoms with Crippen LogP contribution in [-0.2, 0) is 11.3 Å². The van der Waals surface area contributed by atoms with Crippen LogP contribution in [-0.4, -0.2) is 17.4 Å². The number of benzene rings is 1. The maximum Gasteiger partial charge on any atom is 0.234 e. The van der Waals surface area contributed by atoms with Crippen molar-refractivity contribution in [3.63, 3.8) is 0 Å². The number of hydrogen-bond donors (Lipinski definition) is 2. The van der Waals surface area contributed by atoms with E-state index in [9.17, 15) is 4.79 Å². The van der Waals surface area contributed by atoms with Crippen molar-refractivity contribution in [2.45, 2.75) is 26.4 Å². The smallest absolute Gasteiger partial charge is 0.234 e. The quantitative estimate of drug-likeness (QED) is 0.858. The van der Waals surface area contributed by atoms with Gasteiger partial charge in [0.2, 0.25) is 5.91 Å². The number of aromatic nitrogens is 1. The summed E-state index contributed by atoms with van der Waals surface area (Å²) in [5, 5.41) is 9.11. The van der Waals surface area contributed by atoms with Gasteiger partial charge in [-0.1, -0.05) is 30.3 Å². The average Bonchev–Trinajstić information content (AvgIpc) is 2.90. The Bertz CT molecular complexity index is 553. The molecule has 4 nitrogen and oxygen atoms in total. The molecule has 5 heteroatoms. The van der Waals surface area contributed by atoms with E-state index in [4.69, 9.17) is 0 Å². The first-order valence-electron chi connectivity index (χ1n) is 6.61. The second-order valence-electron chi connectivity index (χ2n) is 4.69. The molecule has 2 aromatic rings. The molecule has 0 aliphatic carbocycles. The standard InChI is InChI=1S/C15H19N3OS/c1-11-10-20-15(18-11)12(2)16-9-14(19)17-8-13-6-4-3-5-7-13/h3-7,10,12,16H,8-9H2,1-2H3,(H,17,19). The van der Waals surface area contributed by atoms with E-state index in [-0.39, 0.29) is 11.9 Å². The van der Waals surface area contributed by atoms with E-state index in [1.807, 2.05) is 49.6 Å². The summed E-state index contributed by atoms with van der Waals surface area (Å²) in [7, 11) is 0. The van der Waals surface area contributed by atoms with Gasteiger partial charge in [-0.3, -0.25) is 10.1 Å². The van der Waals surface area contributed by atoms with Gasteiger partial charge < -0.3 is 5.32 Å². The summed E-state index contributed by atoms with van der Waals surface area (Å²) in [6, 6.07) is 9.98. The Balaban J connectivity index is 1.72. The maximum absolute atomic E-state index is 11.8. The van der Waals surface area contributed by atoms with Crippen LogP contribution in [0.1, 0.15) is 29.2 Å². The molecule has 106 valence electrons. The normalized spacial score (nSPS) is 12.1. The third-order valence-corrected chi connectivity index (χ3v) is 4.05. The number of rotatable bonds is 6. The summed E-state index contributed by atoms with van der Waals surface area (Å²) in [6.07, 6.45) is 0. The van der Waals surface area contributed by atoms with Crippen LogP contribution in [0.25, 0.3) is 0 Å². The van der Waals surface area contributed by atoms with Crippen LogP contribution in [0, 0.1) is 6.92 Å². The van der Waals surface area contributed by atoms with Crippen LogP contribution in [0.5, 0.6) is 0 Å². The lowest BCUT2D eigenvalue weighted by Crippen LogP contribution is -2.34. The molecule has 2 N–H and O–H groups in total. The first-order chi connectivity index (χ1) is 9.65. The maximum atomic E-state index is 11.8. The van der Waals surface area contributed by atoms with E-state index >= 15 is 0 Å². The number of aryl methyl sites for hydroxylation is 1. The van der Waals surface area contributed by atoms with Gasteiger partial charge in [-0.05, 0) is 19.4 Å². The van der Waals surface area contributed by atoms with Gasteiger partial charge in [-0.15, -0.1) is 11.3 Å². The van der Waals surface area contributed by atoms with Gasteiger partial charge in [0, 0.05) is 17.6 Å². The third kappa shape index (κ3) is 4.43. The highest BCUT2D eigenvalue weighted by Gasteiger charge is 2.10. The van der Waals surface area contributed by atoms with Gasteiger partial charge >= 0.3 is 0 Å². The number of nitrogens with one attached hydrogen (secondary N) is 2. The summed E-state index contributed by atoms with van der Waals surface area (Å²) < 4.78 is 0. The van der Waals surface area contributed by atoms with E-state index in [2.05, 4.69) is 15.6 Å². The summed E-state index contributed by atoms with van der Waals surface area (Å²) in [5.41, 5.74) is 2.12. The molecule has 0 fully saturated rings. The van der Waals surface area contributed by atoms with Crippen molar-refractivity contribution in [3.8, 4) is 0 Å². The van der Waals surface area contributed by atoms with Gasteiger partial charge in [-0.25, -0.2) is 4.98 Å². The fraction of sp³-hybridized carbons (Fsp3) is 0.333. The van der Waals surface area contributed by atoms with Crippen molar-refractivity contribution < 1.29 is 4.79 Å². The third-order valence-electron chi connectivity index (χ3n) is 2.91. The molecule has 0 radical (unpaired) electrons. The van der Waals surface area contributed by atoms with Crippen LogP contribution in [0.4, 0.5) is 0 Å². The van der Waals surface area contributed by atoms with Gasteiger partial charge in [0.1, 0.15) is 5.01 Å². The molecule has 1 aromatic heterocycles. The molecule has 20 heavy (non-hydrogen) atoms. The zero-order valence-corrected chi connectivity index (χ0v) is 12.5. The molecule has 1 unspecified atom stereocenters. The monoisotopic (exact) mass is 289 g/mol. The van der Waals surface area contributed by atoms with Crippen LogP contribution in [0.15, 0.2) is 35.7 Å². The Morgan fingerprint density at radius 3 is 2.75 bits per heavy atom. The minimum absolute atomic E-state index is 0.00557. The molecule has 1 amide bonds. The van der Waals surface area contributed by atoms with E-state index < -0.39 is 0 Å². The summed E-state index contributed by atoms with van der Waals surface area (Å²) in [6.45, 7) is 4.85. The molecule has 1 aromatic carbocycles. The predicted octanol–water partition coefficient (Wildman–Crippen LogP) is 2.42. The van der Waals surface area contributed by atoms with Crippen LogP contribution in [0.2, 0.25) is 0 Å². The lowest BCUT2D eigenvalue weighted by molar-refractivity contribution is -0.120. The zero-order chi connectivity index (χ0) is 14.4. The highest BCUT2D eigenvalue weighted by Crippen LogP contribution is 2.16. The molecule has 0 spiro atoms. The first kappa shape index (κ1) is 14.7. The Kier molecular flexibility index (Phi) is 5.26. The van der Waals surface area contributed by atoms with Crippen molar-refractivity contribution in [2.75, 3.05) is 6.54 Å². The molecule has 0 aliphatic heterocycles. The molecule has 0 saturated carbocycles. The van der Waals surface area contributed by atoms with Gasteiger partial charge in [0.05, 0.1) is 12.6 Å². The minimum atomic E-state index is -0.00557. The molecule has 0 bridgehead atoms. The average molecular weight is 289 g/mol. The number of nitrogens with zero attached hydrogens (tertiary/aromatic N) is 1. The highest BCUT2D eigenvalue weighted by atomic mass is 32.1. The number of hydrogen-bond acceptors (Lipinski definition) is 4. The Morgan fingerprint density at radius 2 is 2.10 bits per heavy atom. The number of carbonyl (C=O) groups is 1. The number of thiazole rings is 1. The molecule has 1 heterocycles. The summed E-state index contributed by atoms with van der Waals surface area (Å²) in [4.78, 5) is 16.2. The topological polar surface area (TPSA) is 54.0 Å². The fourth-order valence-electron chi connectivity index (χ4n) is 1.76. The summed E-state index contributed by atoms with van der Waals surface area (Å²) >= 11 is 1.61. The molecule has 0 saturated heterocycles. The van der Waals surface area contributed by atoms with Gasteiger partial charge in [-0.2, -0.15) is 0 Å². The largest absolute Gasteiger partial charge is 0.351 e. The van der Waals surface area contributed by atoms with Crippen LogP contribution >= 0.6 is 11.3 Å². The molecule has 1 atom stereocenters.